The molecule has 0 aliphatic carbocycles. The minimum atomic E-state index is -3.89. The molecule has 1 heterocycles. The van der Waals surface area contributed by atoms with Crippen molar-refractivity contribution in [2.24, 2.45) is 0 Å². The van der Waals surface area contributed by atoms with Gasteiger partial charge < -0.3 is 19.4 Å². The molecule has 0 N–H and O–H groups in total. The molecule has 0 saturated carbocycles. The molecule has 162 valence electrons. The van der Waals surface area contributed by atoms with Crippen molar-refractivity contribution in [3.63, 3.8) is 0 Å². The number of nitrogens with zero attached hydrogens (tertiary/aromatic N) is 1. The SMILES string of the molecule is CCOc1cc2c(cc1OCC)C(CC(=O)[O-])N(S(=O)(=O)c1ccc(C)cc1)CC2. The molecule has 1 atom stereocenters. The van der Waals surface area contributed by atoms with Gasteiger partial charge in [-0.15, -0.1) is 0 Å². The molecule has 0 aromatic heterocycles. The van der Waals surface area contributed by atoms with E-state index >= 15 is 0 Å². The summed E-state index contributed by atoms with van der Waals surface area (Å²) in [5.41, 5.74) is 2.39. The summed E-state index contributed by atoms with van der Waals surface area (Å²) in [6.45, 7) is 6.59. The second kappa shape index (κ2) is 9.06. The summed E-state index contributed by atoms with van der Waals surface area (Å²) < 4.78 is 39.3. The summed E-state index contributed by atoms with van der Waals surface area (Å²) in [5.74, 6) is -0.278. The smallest absolute Gasteiger partial charge is 0.243 e. The second-order valence-corrected chi connectivity index (χ2v) is 9.03. The van der Waals surface area contributed by atoms with Crippen molar-refractivity contribution in [1.82, 2.24) is 4.31 Å². The fraction of sp³-hybridized carbons (Fsp3) is 0.409. The monoisotopic (exact) mass is 432 g/mol. The largest absolute Gasteiger partial charge is 0.550 e. The van der Waals surface area contributed by atoms with Crippen molar-refractivity contribution in [2.75, 3.05) is 19.8 Å². The maximum Gasteiger partial charge on any atom is 0.243 e. The lowest BCUT2D eigenvalue weighted by Crippen LogP contribution is -2.42. The number of hydrogen-bond donors (Lipinski definition) is 0. The number of hydrogen-bond acceptors (Lipinski definition) is 6. The third-order valence-electron chi connectivity index (χ3n) is 5.10. The van der Waals surface area contributed by atoms with Crippen LogP contribution in [0.25, 0.3) is 0 Å². The predicted octanol–water partition coefficient (Wildman–Crippen LogP) is 2.22. The van der Waals surface area contributed by atoms with Crippen molar-refractivity contribution in [1.29, 1.82) is 0 Å². The zero-order valence-corrected chi connectivity index (χ0v) is 18.2. The van der Waals surface area contributed by atoms with E-state index in [1.54, 1.807) is 30.3 Å². The number of carbonyl (C=O) groups is 1. The van der Waals surface area contributed by atoms with Crippen LogP contribution in [0.1, 0.15) is 43.0 Å². The summed E-state index contributed by atoms with van der Waals surface area (Å²) >= 11 is 0. The fourth-order valence-electron chi connectivity index (χ4n) is 3.73. The fourth-order valence-corrected chi connectivity index (χ4v) is 5.33. The van der Waals surface area contributed by atoms with Crippen LogP contribution in [0.15, 0.2) is 41.3 Å². The Hall–Kier alpha value is -2.58. The number of aryl methyl sites for hydroxylation is 1. The van der Waals surface area contributed by atoms with Crippen molar-refractivity contribution < 1.29 is 27.8 Å². The molecule has 1 aliphatic heterocycles. The molecule has 7 nitrogen and oxygen atoms in total. The number of aliphatic carboxylic acids is 1. The van der Waals surface area contributed by atoms with Gasteiger partial charge in [0.2, 0.25) is 10.0 Å². The molecule has 30 heavy (non-hydrogen) atoms. The van der Waals surface area contributed by atoms with E-state index in [0.29, 0.717) is 36.7 Å². The Morgan fingerprint density at radius 1 is 1.10 bits per heavy atom. The summed E-state index contributed by atoms with van der Waals surface area (Å²) in [6.07, 6.45) is -0.00586. The molecule has 8 heteroatoms. The van der Waals surface area contributed by atoms with Gasteiger partial charge in [0.15, 0.2) is 11.5 Å². The summed E-state index contributed by atoms with van der Waals surface area (Å²) in [5, 5.41) is 11.5. The van der Waals surface area contributed by atoms with Gasteiger partial charge >= 0.3 is 0 Å². The molecule has 0 spiro atoms. The molecular formula is C22H26NO6S-. The van der Waals surface area contributed by atoms with Gasteiger partial charge in [0.1, 0.15) is 0 Å². The first-order chi connectivity index (χ1) is 14.3. The summed E-state index contributed by atoms with van der Waals surface area (Å²) in [7, 11) is -3.89. The topological polar surface area (TPSA) is 96.0 Å². The van der Waals surface area contributed by atoms with Crippen molar-refractivity contribution in [3.05, 3.63) is 53.1 Å². The molecule has 0 fully saturated rings. The molecular weight excluding hydrogens is 406 g/mol. The lowest BCUT2D eigenvalue weighted by molar-refractivity contribution is -0.306. The number of sulfonamides is 1. The van der Waals surface area contributed by atoms with Gasteiger partial charge in [-0.1, -0.05) is 17.7 Å². The Kier molecular flexibility index (Phi) is 6.67. The van der Waals surface area contributed by atoms with Crippen molar-refractivity contribution in [3.8, 4) is 11.5 Å². The van der Waals surface area contributed by atoms with E-state index in [1.807, 2.05) is 26.8 Å². The first kappa shape index (κ1) is 22.1. The van der Waals surface area contributed by atoms with E-state index in [9.17, 15) is 18.3 Å². The Balaban J connectivity index is 2.09. The van der Waals surface area contributed by atoms with Crippen molar-refractivity contribution in [2.45, 2.75) is 44.6 Å². The molecule has 0 amide bonds. The van der Waals surface area contributed by atoms with Crippen molar-refractivity contribution >= 4 is 16.0 Å². The van der Waals surface area contributed by atoms with Gasteiger partial charge in [0.25, 0.3) is 0 Å². The zero-order chi connectivity index (χ0) is 21.9. The number of carbonyl (C=O) groups excluding carboxylic acids is 1. The van der Waals surface area contributed by atoms with Gasteiger partial charge in [0.05, 0.1) is 24.2 Å². The minimum absolute atomic E-state index is 0.135. The van der Waals surface area contributed by atoms with Crippen LogP contribution in [0.4, 0.5) is 0 Å². The lowest BCUT2D eigenvalue weighted by Gasteiger charge is -2.37. The van der Waals surface area contributed by atoms with E-state index in [1.165, 1.54) is 4.31 Å². The Bertz CT molecular complexity index is 1020. The molecule has 2 aromatic carbocycles. The van der Waals surface area contributed by atoms with Gasteiger partial charge in [-0.25, -0.2) is 8.42 Å². The van der Waals surface area contributed by atoms with Gasteiger partial charge in [0, 0.05) is 18.9 Å². The molecule has 0 bridgehead atoms. The first-order valence-corrected chi connectivity index (χ1v) is 11.4. The maximum atomic E-state index is 13.3. The lowest BCUT2D eigenvalue weighted by atomic mass is 9.91. The van der Waals surface area contributed by atoms with E-state index < -0.39 is 28.5 Å². The third kappa shape index (κ3) is 4.44. The number of carboxylic acid groups (broad SMARTS) is 1. The molecule has 0 radical (unpaired) electrons. The predicted molar refractivity (Wildman–Crippen MR) is 110 cm³/mol. The standard InChI is InChI=1S/C22H27NO6S/c1-4-28-20-12-16-10-11-23(30(26,27)17-8-6-15(3)7-9-17)19(14-22(24)25)18(16)13-21(20)29-5-2/h6-9,12-13,19H,4-5,10-11,14H2,1-3H3,(H,24,25)/p-1. The van der Waals surface area contributed by atoms with Crippen LogP contribution in [-0.4, -0.2) is 38.5 Å². The number of rotatable bonds is 8. The van der Waals surface area contributed by atoms with E-state index in [0.717, 1.165) is 11.1 Å². The molecule has 1 unspecified atom stereocenters. The molecule has 0 saturated heterocycles. The first-order valence-electron chi connectivity index (χ1n) is 9.98. The van der Waals surface area contributed by atoms with E-state index in [2.05, 4.69) is 0 Å². The van der Waals surface area contributed by atoms with Crippen LogP contribution in [0.5, 0.6) is 11.5 Å². The maximum absolute atomic E-state index is 13.3. The zero-order valence-electron chi connectivity index (χ0n) is 17.4. The normalized spacial score (nSPS) is 16.7. The van der Waals surface area contributed by atoms with E-state index in [-0.39, 0.29) is 11.4 Å². The number of ether oxygens (including phenoxy) is 2. The van der Waals surface area contributed by atoms with Crippen LogP contribution >= 0.6 is 0 Å². The highest BCUT2D eigenvalue weighted by molar-refractivity contribution is 7.89. The minimum Gasteiger partial charge on any atom is -0.550 e. The highest BCUT2D eigenvalue weighted by atomic mass is 32.2. The Morgan fingerprint density at radius 2 is 1.70 bits per heavy atom. The molecule has 2 aromatic rings. The number of benzene rings is 2. The Morgan fingerprint density at radius 3 is 2.27 bits per heavy atom. The van der Waals surface area contributed by atoms with Gasteiger partial charge in [-0.2, -0.15) is 4.31 Å². The van der Waals surface area contributed by atoms with Crippen LogP contribution < -0.4 is 14.6 Å². The third-order valence-corrected chi connectivity index (χ3v) is 7.02. The summed E-state index contributed by atoms with van der Waals surface area (Å²) in [6, 6.07) is 9.16. The quantitative estimate of drug-likeness (QED) is 0.635. The Labute approximate surface area is 177 Å². The second-order valence-electron chi connectivity index (χ2n) is 7.13. The van der Waals surface area contributed by atoms with E-state index in [4.69, 9.17) is 9.47 Å². The number of carboxylic acids is 1. The van der Waals surface area contributed by atoms with Gasteiger partial charge in [-0.05, 0) is 62.6 Å². The average Bonchev–Trinajstić information content (AvgIpc) is 2.69. The van der Waals surface area contributed by atoms with Gasteiger partial charge in [-0.3, -0.25) is 0 Å². The highest BCUT2D eigenvalue weighted by Gasteiger charge is 2.37. The van der Waals surface area contributed by atoms with Crippen LogP contribution in [0.2, 0.25) is 0 Å². The van der Waals surface area contributed by atoms with Crippen LogP contribution in [0, 0.1) is 6.92 Å². The molecule has 1 aliphatic rings. The van der Waals surface area contributed by atoms with Crippen LogP contribution in [-0.2, 0) is 21.2 Å². The molecule has 3 rings (SSSR count). The average molecular weight is 433 g/mol. The van der Waals surface area contributed by atoms with Crippen LogP contribution in [0.3, 0.4) is 0 Å². The highest BCUT2D eigenvalue weighted by Crippen LogP contribution is 2.41. The summed E-state index contributed by atoms with van der Waals surface area (Å²) in [4.78, 5) is 11.7. The number of fused-ring (bicyclic) bond motifs is 1.